The van der Waals surface area contributed by atoms with Crippen molar-refractivity contribution in [2.45, 2.75) is 19.3 Å². The van der Waals surface area contributed by atoms with Gasteiger partial charge in [-0.05, 0) is 19.3 Å². The van der Waals surface area contributed by atoms with Crippen LogP contribution in [0, 0.1) is 11.8 Å². The predicted molar refractivity (Wildman–Crippen MR) is 45.0 cm³/mol. The molecular weight excluding hydrogens is 170 g/mol. The van der Waals surface area contributed by atoms with Gasteiger partial charge in [0.15, 0.2) is 0 Å². The molecule has 13 heavy (non-hydrogen) atoms. The van der Waals surface area contributed by atoms with Crippen molar-refractivity contribution in [2.75, 3.05) is 13.1 Å². The van der Waals surface area contributed by atoms with Crippen molar-refractivity contribution in [2.24, 2.45) is 11.8 Å². The molecule has 4 nitrogen and oxygen atoms in total. The van der Waals surface area contributed by atoms with Crippen LogP contribution in [0.5, 0.6) is 0 Å². The Hall–Kier alpha value is -1.06. The number of hydrogen-bond donors (Lipinski definition) is 1. The highest BCUT2D eigenvalue weighted by atomic mass is 16.4. The minimum atomic E-state index is -0.822. The molecule has 1 aliphatic heterocycles. The van der Waals surface area contributed by atoms with Crippen LogP contribution in [0.2, 0.25) is 0 Å². The fourth-order valence-electron chi connectivity index (χ4n) is 1.91. The SMILES string of the molecule is O=C(O)C1C[C@H]1C(=O)N1CCCC1. The molecule has 0 aromatic heterocycles. The maximum Gasteiger partial charge on any atom is 0.307 e. The first-order valence-electron chi connectivity index (χ1n) is 4.72. The normalized spacial score (nSPS) is 31.8. The van der Waals surface area contributed by atoms with E-state index in [2.05, 4.69) is 0 Å². The highest BCUT2D eigenvalue weighted by Crippen LogP contribution is 2.40. The number of carboxylic acid groups (broad SMARTS) is 1. The van der Waals surface area contributed by atoms with Gasteiger partial charge in [-0.2, -0.15) is 0 Å². The van der Waals surface area contributed by atoms with Gasteiger partial charge >= 0.3 is 5.97 Å². The van der Waals surface area contributed by atoms with Gasteiger partial charge in [-0.25, -0.2) is 0 Å². The molecule has 2 aliphatic rings. The fourth-order valence-corrected chi connectivity index (χ4v) is 1.91. The molecule has 1 N–H and O–H groups in total. The molecule has 0 spiro atoms. The third-order valence-corrected chi connectivity index (χ3v) is 2.84. The van der Waals surface area contributed by atoms with Gasteiger partial charge in [-0.1, -0.05) is 0 Å². The van der Waals surface area contributed by atoms with E-state index < -0.39 is 11.9 Å². The highest BCUT2D eigenvalue weighted by molar-refractivity contribution is 5.89. The largest absolute Gasteiger partial charge is 0.481 e. The molecule has 4 heteroatoms. The third kappa shape index (κ3) is 1.53. The Morgan fingerprint density at radius 2 is 1.77 bits per heavy atom. The first-order valence-corrected chi connectivity index (χ1v) is 4.72. The lowest BCUT2D eigenvalue weighted by Crippen LogP contribution is -2.30. The van der Waals surface area contributed by atoms with E-state index in [1.54, 1.807) is 4.90 Å². The lowest BCUT2D eigenvalue weighted by atomic mass is 10.3. The van der Waals surface area contributed by atoms with Crippen LogP contribution in [-0.2, 0) is 9.59 Å². The third-order valence-electron chi connectivity index (χ3n) is 2.84. The molecule has 1 saturated heterocycles. The van der Waals surface area contributed by atoms with Crippen LogP contribution < -0.4 is 0 Å². The van der Waals surface area contributed by atoms with Crippen molar-refractivity contribution in [3.63, 3.8) is 0 Å². The van der Waals surface area contributed by atoms with E-state index in [0.717, 1.165) is 25.9 Å². The smallest absolute Gasteiger partial charge is 0.307 e. The summed E-state index contributed by atoms with van der Waals surface area (Å²) < 4.78 is 0. The topological polar surface area (TPSA) is 57.6 Å². The van der Waals surface area contributed by atoms with Crippen molar-refractivity contribution < 1.29 is 14.7 Å². The quantitative estimate of drug-likeness (QED) is 0.671. The van der Waals surface area contributed by atoms with Crippen LogP contribution in [0.15, 0.2) is 0 Å². The highest BCUT2D eigenvalue weighted by Gasteiger charge is 2.49. The number of hydrogen-bond acceptors (Lipinski definition) is 2. The molecular formula is C9H13NO3. The van der Waals surface area contributed by atoms with Gasteiger partial charge in [-0.3, -0.25) is 9.59 Å². The van der Waals surface area contributed by atoms with E-state index >= 15 is 0 Å². The second-order valence-electron chi connectivity index (χ2n) is 3.82. The second-order valence-corrected chi connectivity index (χ2v) is 3.82. The molecule has 1 heterocycles. The Bertz CT molecular complexity index is 245. The van der Waals surface area contributed by atoms with E-state index in [4.69, 9.17) is 5.11 Å². The lowest BCUT2D eigenvalue weighted by molar-refractivity contribution is -0.141. The maximum atomic E-state index is 11.6. The zero-order valence-corrected chi connectivity index (χ0v) is 7.40. The van der Waals surface area contributed by atoms with E-state index in [9.17, 15) is 9.59 Å². The van der Waals surface area contributed by atoms with Crippen molar-refractivity contribution in [3.05, 3.63) is 0 Å². The Morgan fingerprint density at radius 1 is 1.15 bits per heavy atom. The van der Waals surface area contributed by atoms with Crippen LogP contribution in [0.25, 0.3) is 0 Å². The molecule has 2 atom stereocenters. The number of aliphatic carboxylic acids is 1. The van der Waals surface area contributed by atoms with Crippen molar-refractivity contribution in [1.29, 1.82) is 0 Å². The van der Waals surface area contributed by atoms with Crippen LogP contribution in [-0.4, -0.2) is 35.0 Å². The average molecular weight is 183 g/mol. The standard InChI is InChI=1S/C9H13NO3/c11-8(10-3-1-2-4-10)6-5-7(6)9(12)13/h6-7H,1-5H2,(H,12,13)/t6-,7?/m1/s1. The summed E-state index contributed by atoms with van der Waals surface area (Å²) in [5.74, 6) is -1.37. The number of amides is 1. The van der Waals surface area contributed by atoms with Gasteiger partial charge in [0.2, 0.25) is 5.91 Å². The number of carboxylic acids is 1. The van der Waals surface area contributed by atoms with Crippen molar-refractivity contribution in [3.8, 4) is 0 Å². The summed E-state index contributed by atoms with van der Waals surface area (Å²) in [6, 6.07) is 0. The van der Waals surface area contributed by atoms with Gasteiger partial charge in [-0.15, -0.1) is 0 Å². The second kappa shape index (κ2) is 3.01. The summed E-state index contributed by atoms with van der Waals surface area (Å²) in [4.78, 5) is 23.9. The zero-order valence-electron chi connectivity index (χ0n) is 7.40. The molecule has 1 saturated carbocycles. The van der Waals surface area contributed by atoms with E-state index in [1.165, 1.54) is 0 Å². The monoisotopic (exact) mass is 183 g/mol. The summed E-state index contributed by atoms with van der Waals surface area (Å²) in [5, 5.41) is 8.64. The van der Waals surface area contributed by atoms with Gasteiger partial charge in [0.1, 0.15) is 0 Å². The number of likely N-dealkylation sites (tertiary alicyclic amines) is 1. The number of nitrogens with zero attached hydrogens (tertiary/aromatic N) is 1. The first-order chi connectivity index (χ1) is 6.20. The summed E-state index contributed by atoms with van der Waals surface area (Å²) in [6.07, 6.45) is 2.68. The predicted octanol–water partition coefficient (Wildman–Crippen LogP) is 0.329. The molecule has 1 aliphatic carbocycles. The van der Waals surface area contributed by atoms with Gasteiger partial charge in [0.05, 0.1) is 11.8 Å². The summed E-state index contributed by atoms with van der Waals surface area (Å²) >= 11 is 0. The van der Waals surface area contributed by atoms with Gasteiger partial charge < -0.3 is 10.0 Å². The summed E-state index contributed by atoms with van der Waals surface area (Å²) in [5.41, 5.74) is 0. The lowest BCUT2D eigenvalue weighted by Gasteiger charge is -2.14. The van der Waals surface area contributed by atoms with Crippen LogP contribution in [0.1, 0.15) is 19.3 Å². The van der Waals surface area contributed by atoms with Crippen molar-refractivity contribution >= 4 is 11.9 Å². The molecule has 1 amide bonds. The minimum Gasteiger partial charge on any atom is -0.481 e. The molecule has 0 aromatic rings. The first kappa shape index (κ1) is 8.53. The zero-order chi connectivity index (χ0) is 9.42. The Morgan fingerprint density at radius 3 is 2.23 bits per heavy atom. The van der Waals surface area contributed by atoms with Crippen LogP contribution in [0.3, 0.4) is 0 Å². The Balaban J connectivity index is 1.89. The van der Waals surface area contributed by atoms with E-state index in [-0.39, 0.29) is 11.8 Å². The molecule has 2 fully saturated rings. The number of carbonyl (C=O) groups excluding carboxylic acids is 1. The Kier molecular flexibility index (Phi) is 1.98. The molecule has 0 bridgehead atoms. The average Bonchev–Trinajstić information content (AvgIpc) is 2.72. The van der Waals surface area contributed by atoms with Crippen LogP contribution in [0.4, 0.5) is 0 Å². The minimum absolute atomic E-state index is 0.0601. The molecule has 0 radical (unpaired) electrons. The van der Waals surface area contributed by atoms with Crippen molar-refractivity contribution in [1.82, 2.24) is 4.90 Å². The van der Waals surface area contributed by atoms with Gasteiger partial charge in [0.25, 0.3) is 0 Å². The maximum absolute atomic E-state index is 11.6. The Labute approximate surface area is 76.5 Å². The van der Waals surface area contributed by atoms with Gasteiger partial charge in [0, 0.05) is 13.1 Å². The summed E-state index contributed by atoms with van der Waals surface area (Å²) in [6.45, 7) is 1.64. The molecule has 72 valence electrons. The number of carbonyl (C=O) groups is 2. The fraction of sp³-hybridized carbons (Fsp3) is 0.778. The molecule has 0 aromatic carbocycles. The molecule has 2 rings (SSSR count). The van der Waals surface area contributed by atoms with E-state index in [1.807, 2.05) is 0 Å². The number of rotatable bonds is 2. The summed E-state index contributed by atoms with van der Waals surface area (Å²) in [7, 11) is 0. The van der Waals surface area contributed by atoms with E-state index in [0.29, 0.717) is 6.42 Å². The molecule has 1 unspecified atom stereocenters. The van der Waals surface area contributed by atoms with Crippen LogP contribution >= 0.6 is 0 Å².